The molecule has 0 aliphatic carbocycles. The van der Waals surface area contributed by atoms with Crippen LogP contribution < -0.4 is 0 Å². The van der Waals surface area contributed by atoms with Crippen LogP contribution in [0.25, 0.3) is 11.0 Å². The Kier molecular flexibility index (Phi) is 3.75. The Morgan fingerprint density at radius 2 is 2.15 bits per heavy atom. The average molecular weight is 304 g/mol. The van der Waals surface area contributed by atoms with E-state index in [-0.39, 0.29) is 5.75 Å². The number of benzene rings is 1. The van der Waals surface area contributed by atoms with Gasteiger partial charge in [-0.15, -0.1) is 11.3 Å². The maximum absolute atomic E-state index is 10.8. The van der Waals surface area contributed by atoms with Gasteiger partial charge in [0.05, 0.1) is 23.3 Å². The molecule has 0 aliphatic rings. The number of hydrogen-bond donors (Lipinski definition) is 1. The highest BCUT2D eigenvalue weighted by atomic mass is 32.2. The molecule has 1 N–H and O–H groups in total. The first-order valence-corrected chi connectivity index (χ1v) is 7.93. The van der Waals surface area contributed by atoms with Gasteiger partial charge in [-0.1, -0.05) is 30.0 Å². The summed E-state index contributed by atoms with van der Waals surface area (Å²) in [6.45, 7) is 0.722. The van der Waals surface area contributed by atoms with Gasteiger partial charge in [0.1, 0.15) is 0 Å². The summed E-state index contributed by atoms with van der Waals surface area (Å²) >= 11 is 2.95. The van der Waals surface area contributed by atoms with Gasteiger partial charge < -0.3 is 9.67 Å². The Morgan fingerprint density at radius 3 is 2.90 bits per heavy atom. The van der Waals surface area contributed by atoms with E-state index in [1.165, 1.54) is 16.6 Å². The summed E-state index contributed by atoms with van der Waals surface area (Å²) in [5, 5.41) is 11.6. The van der Waals surface area contributed by atoms with Crippen molar-refractivity contribution in [3.05, 3.63) is 46.7 Å². The molecule has 0 bridgehead atoms. The molecule has 0 unspecified atom stereocenters. The summed E-state index contributed by atoms with van der Waals surface area (Å²) in [5.74, 6) is -0.807. The van der Waals surface area contributed by atoms with Gasteiger partial charge in [0.2, 0.25) is 0 Å². The van der Waals surface area contributed by atoms with Crippen molar-refractivity contribution in [3.63, 3.8) is 0 Å². The number of fused-ring (bicyclic) bond motifs is 1. The molecular formula is C14H12N2O2S2. The molecule has 0 fully saturated rings. The number of carboxylic acid groups (broad SMARTS) is 1. The summed E-state index contributed by atoms with van der Waals surface area (Å²) in [5.41, 5.74) is 1.94. The van der Waals surface area contributed by atoms with Crippen molar-refractivity contribution in [2.45, 2.75) is 11.7 Å². The van der Waals surface area contributed by atoms with E-state index in [9.17, 15) is 4.79 Å². The van der Waals surface area contributed by atoms with Gasteiger partial charge in [0.15, 0.2) is 5.16 Å². The second-order valence-electron chi connectivity index (χ2n) is 4.23. The number of carboxylic acids is 1. The van der Waals surface area contributed by atoms with E-state index in [0.717, 1.165) is 22.7 Å². The zero-order valence-corrected chi connectivity index (χ0v) is 12.2. The van der Waals surface area contributed by atoms with E-state index in [4.69, 9.17) is 5.11 Å². The standard InChI is InChI=1S/C14H12N2O2S2/c17-13(18)9-20-14-15-11-5-1-2-6-12(11)16(14)8-10-4-3-7-19-10/h1-7H,8-9H2,(H,17,18). The molecular weight excluding hydrogens is 292 g/mol. The molecule has 0 radical (unpaired) electrons. The molecule has 0 saturated carbocycles. The van der Waals surface area contributed by atoms with Crippen molar-refractivity contribution in [2.24, 2.45) is 0 Å². The Bertz CT molecular complexity index is 735. The van der Waals surface area contributed by atoms with Crippen molar-refractivity contribution in [2.75, 3.05) is 5.75 Å². The quantitative estimate of drug-likeness (QED) is 0.735. The van der Waals surface area contributed by atoms with E-state index < -0.39 is 5.97 Å². The third-order valence-corrected chi connectivity index (χ3v) is 4.66. The Labute approximate surface area is 124 Å². The van der Waals surface area contributed by atoms with Crippen LogP contribution in [-0.4, -0.2) is 26.4 Å². The number of thioether (sulfide) groups is 1. The monoisotopic (exact) mass is 304 g/mol. The van der Waals surface area contributed by atoms with E-state index in [1.807, 2.05) is 35.7 Å². The summed E-state index contributed by atoms with van der Waals surface area (Å²) in [4.78, 5) is 16.5. The van der Waals surface area contributed by atoms with E-state index in [1.54, 1.807) is 11.3 Å². The molecule has 1 aromatic carbocycles. The van der Waals surface area contributed by atoms with Gasteiger partial charge in [0, 0.05) is 4.88 Å². The summed E-state index contributed by atoms with van der Waals surface area (Å²) in [6.07, 6.45) is 0. The van der Waals surface area contributed by atoms with Crippen LogP contribution in [0.4, 0.5) is 0 Å². The molecule has 0 saturated heterocycles. The van der Waals surface area contributed by atoms with Gasteiger partial charge in [0.25, 0.3) is 0 Å². The van der Waals surface area contributed by atoms with Crippen LogP contribution in [0.15, 0.2) is 46.9 Å². The molecule has 2 heterocycles. The summed E-state index contributed by atoms with van der Waals surface area (Å²) in [7, 11) is 0. The first-order chi connectivity index (χ1) is 9.74. The van der Waals surface area contributed by atoms with Gasteiger partial charge >= 0.3 is 5.97 Å². The van der Waals surface area contributed by atoms with Gasteiger partial charge in [-0.2, -0.15) is 0 Å². The molecule has 3 aromatic rings. The normalized spacial score (nSPS) is 11.0. The molecule has 0 spiro atoms. The number of para-hydroxylation sites is 2. The van der Waals surface area contributed by atoms with Crippen LogP contribution in [0, 0.1) is 0 Å². The van der Waals surface area contributed by atoms with Crippen LogP contribution in [-0.2, 0) is 11.3 Å². The second kappa shape index (κ2) is 5.68. The SMILES string of the molecule is O=C(O)CSc1nc2ccccc2n1Cc1cccs1. The highest BCUT2D eigenvalue weighted by Crippen LogP contribution is 2.26. The minimum Gasteiger partial charge on any atom is -0.481 e. The zero-order valence-electron chi connectivity index (χ0n) is 10.5. The number of rotatable bonds is 5. The van der Waals surface area contributed by atoms with Gasteiger partial charge in [-0.3, -0.25) is 4.79 Å². The smallest absolute Gasteiger partial charge is 0.313 e. The number of thiophene rings is 1. The molecule has 102 valence electrons. The number of aromatic nitrogens is 2. The first-order valence-electron chi connectivity index (χ1n) is 6.06. The van der Waals surface area contributed by atoms with Crippen molar-refractivity contribution in [3.8, 4) is 0 Å². The molecule has 3 rings (SSSR count). The number of imidazole rings is 1. The molecule has 0 amide bonds. The molecule has 4 nitrogen and oxygen atoms in total. The first kappa shape index (κ1) is 13.2. The third kappa shape index (κ3) is 2.71. The van der Waals surface area contributed by atoms with Crippen LogP contribution in [0.1, 0.15) is 4.88 Å². The highest BCUT2D eigenvalue weighted by molar-refractivity contribution is 7.99. The Balaban J connectivity index is 2.01. The number of hydrogen-bond acceptors (Lipinski definition) is 4. The lowest BCUT2D eigenvalue weighted by Crippen LogP contribution is -2.03. The maximum atomic E-state index is 10.8. The molecule has 6 heteroatoms. The van der Waals surface area contributed by atoms with Crippen molar-refractivity contribution in [1.29, 1.82) is 0 Å². The molecule has 2 aromatic heterocycles. The van der Waals surface area contributed by atoms with Crippen molar-refractivity contribution < 1.29 is 9.90 Å². The summed E-state index contributed by atoms with van der Waals surface area (Å²) in [6, 6.07) is 12.0. The van der Waals surface area contributed by atoms with Crippen LogP contribution >= 0.6 is 23.1 Å². The second-order valence-corrected chi connectivity index (χ2v) is 6.21. The van der Waals surface area contributed by atoms with Crippen LogP contribution in [0.2, 0.25) is 0 Å². The summed E-state index contributed by atoms with van der Waals surface area (Å²) < 4.78 is 2.08. The molecule has 20 heavy (non-hydrogen) atoms. The fourth-order valence-corrected chi connectivity index (χ4v) is 3.43. The highest BCUT2D eigenvalue weighted by Gasteiger charge is 2.13. The van der Waals surface area contributed by atoms with Crippen molar-refractivity contribution >= 4 is 40.1 Å². The minimum atomic E-state index is -0.829. The number of nitrogens with zero attached hydrogens (tertiary/aromatic N) is 2. The third-order valence-electron chi connectivity index (χ3n) is 2.84. The van der Waals surface area contributed by atoms with Gasteiger partial charge in [-0.25, -0.2) is 4.98 Å². The fraction of sp³-hybridized carbons (Fsp3) is 0.143. The molecule has 0 atom stereocenters. The lowest BCUT2D eigenvalue weighted by atomic mass is 10.3. The minimum absolute atomic E-state index is 0.0216. The predicted octanol–water partition coefficient (Wildman–Crippen LogP) is 3.32. The van der Waals surface area contributed by atoms with E-state index in [2.05, 4.69) is 15.6 Å². The number of aliphatic carboxylic acids is 1. The largest absolute Gasteiger partial charge is 0.481 e. The van der Waals surface area contributed by atoms with E-state index in [0.29, 0.717) is 0 Å². The van der Waals surface area contributed by atoms with Crippen LogP contribution in [0.5, 0.6) is 0 Å². The van der Waals surface area contributed by atoms with Crippen LogP contribution in [0.3, 0.4) is 0 Å². The predicted molar refractivity (Wildman–Crippen MR) is 81.5 cm³/mol. The average Bonchev–Trinajstić information content (AvgIpc) is 3.05. The lowest BCUT2D eigenvalue weighted by molar-refractivity contribution is -0.133. The van der Waals surface area contributed by atoms with Crippen molar-refractivity contribution in [1.82, 2.24) is 9.55 Å². The molecule has 0 aliphatic heterocycles. The Hall–Kier alpha value is -1.79. The topological polar surface area (TPSA) is 55.1 Å². The fourth-order valence-electron chi connectivity index (χ4n) is 2.00. The number of carbonyl (C=O) groups is 1. The van der Waals surface area contributed by atoms with E-state index >= 15 is 0 Å². The zero-order chi connectivity index (χ0) is 13.9. The van der Waals surface area contributed by atoms with Gasteiger partial charge in [-0.05, 0) is 23.6 Å². The maximum Gasteiger partial charge on any atom is 0.313 e. The Morgan fingerprint density at radius 1 is 1.30 bits per heavy atom. The lowest BCUT2D eigenvalue weighted by Gasteiger charge is -2.06.